The van der Waals surface area contributed by atoms with Crippen LogP contribution in [0.5, 0.6) is 11.6 Å². The van der Waals surface area contributed by atoms with Crippen molar-refractivity contribution in [3.63, 3.8) is 0 Å². The monoisotopic (exact) mass is 610 g/mol. The number of aromatic nitrogens is 1. The third kappa shape index (κ3) is 11.3. The lowest BCUT2D eigenvalue weighted by molar-refractivity contribution is -0.159. The summed E-state index contributed by atoms with van der Waals surface area (Å²) in [6.07, 6.45) is 4.99. The molecule has 44 heavy (non-hydrogen) atoms. The quantitative estimate of drug-likeness (QED) is 0.186. The first-order valence-corrected chi connectivity index (χ1v) is 14.8. The van der Waals surface area contributed by atoms with E-state index in [0.717, 1.165) is 11.8 Å². The number of aliphatic hydroxyl groups excluding tert-OH is 2. The van der Waals surface area contributed by atoms with E-state index in [1.807, 2.05) is 26.8 Å². The zero-order valence-electron chi connectivity index (χ0n) is 26.1. The molecule has 1 heterocycles. The zero-order valence-corrected chi connectivity index (χ0v) is 26.1. The maximum absolute atomic E-state index is 14.8. The molecule has 10 heteroatoms. The van der Waals surface area contributed by atoms with Gasteiger partial charge in [0.05, 0.1) is 37.5 Å². The zero-order chi connectivity index (χ0) is 32.3. The molecule has 1 saturated carbocycles. The second-order valence-corrected chi connectivity index (χ2v) is 11.8. The van der Waals surface area contributed by atoms with E-state index in [0.29, 0.717) is 23.3 Å². The molecule has 2 atom stereocenters. The number of nitrogens with one attached hydrogen (secondary N) is 1. The SMILES string of the molecule is C1CC1.COc1cc(-c2ccc(C(=O)Oc3cccc(CC(C)C(=O)OC(C)(C)C)c3)cc2CNCC(O)CO)c(F)cn1. The lowest BCUT2D eigenvalue weighted by Crippen LogP contribution is -2.29. The van der Waals surface area contributed by atoms with E-state index in [1.165, 1.54) is 38.5 Å². The van der Waals surface area contributed by atoms with Crippen LogP contribution in [0.1, 0.15) is 68.4 Å². The summed E-state index contributed by atoms with van der Waals surface area (Å²) in [5.74, 6) is -1.37. The Bertz CT molecular complexity index is 1400. The number of ether oxygens (including phenoxy) is 3. The van der Waals surface area contributed by atoms with Gasteiger partial charge in [-0.2, -0.15) is 0 Å². The Morgan fingerprint density at radius 1 is 1.07 bits per heavy atom. The normalized spacial score (nSPS) is 13.6. The van der Waals surface area contributed by atoms with Crippen molar-refractivity contribution < 1.29 is 38.4 Å². The number of nitrogens with zero attached hydrogens (tertiary/aromatic N) is 1. The van der Waals surface area contributed by atoms with Crippen molar-refractivity contribution in [1.82, 2.24) is 10.3 Å². The number of carbonyl (C=O) groups is 2. The summed E-state index contributed by atoms with van der Waals surface area (Å²) < 4.78 is 31.0. The molecule has 9 nitrogen and oxygen atoms in total. The van der Waals surface area contributed by atoms with Gasteiger partial charge in [0.1, 0.15) is 17.2 Å². The van der Waals surface area contributed by atoms with Gasteiger partial charge in [-0.05, 0) is 68.1 Å². The van der Waals surface area contributed by atoms with Gasteiger partial charge in [-0.25, -0.2) is 14.2 Å². The summed E-state index contributed by atoms with van der Waals surface area (Å²) in [5.41, 5.74) is 1.71. The van der Waals surface area contributed by atoms with Gasteiger partial charge in [0.25, 0.3) is 0 Å². The summed E-state index contributed by atoms with van der Waals surface area (Å²) in [4.78, 5) is 29.4. The fourth-order valence-corrected chi connectivity index (χ4v) is 4.05. The van der Waals surface area contributed by atoms with E-state index in [4.69, 9.17) is 19.3 Å². The van der Waals surface area contributed by atoms with E-state index >= 15 is 0 Å². The number of esters is 2. The molecule has 2 unspecified atom stereocenters. The van der Waals surface area contributed by atoms with Crippen LogP contribution in [0.2, 0.25) is 0 Å². The van der Waals surface area contributed by atoms with Crippen LogP contribution in [0, 0.1) is 11.7 Å². The smallest absolute Gasteiger partial charge is 0.343 e. The van der Waals surface area contributed by atoms with Gasteiger partial charge in [0, 0.05) is 24.7 Å². The second-order valence-electron chi connectivity index (χ2n) is 11.8. The summed E-state index contributed by atoms with van der Waals surface area (Å²) >= 11 is 0. The molecule has 0 spiro atoms. The first-order chi connectivity index (χ1) is 20.9. The van der Waals surface area contributed by atoms with Crippen LogP contribution in [0.25, 0.3) is 11.1 Å². The molecule has 1 aliphatic rings. The highest BCUT2D eigenvalue weighted by molar-refractivity contribution is 5.92. The van der Waals surface area contributed by atoms with Crippen LogP contribution in [0.4, 0.5) is 4.39 Å². The Kier molecular flexibility index (Phi) is 12.8. The predicted molar refractivity (Wildman–Crippen MR) is 165 cm³/mol. The molecule has 3 N–H and O–H groups in total. The fourth-order valence-electron chi connectivity index (χ4n) is 4.05. The minimum Gasteiger partial charge on any atom is -0.481 e. The number of hydrogen-bond acceptors (Lipinski definition) is 9. The first-order valence-electron chi connectivity index (χ1n) is 14.8. The minimum absolute atomic E-state index is 0.0846. The highest BCUT2D eigenvalue weighted by atomic mass is 19.1. The molecule has 0 amide bonds. The van der Waals surface area contributed by atoms with E-state index in [-0.39, 0.29) is 42.0 Å². The van der Waals surface area contributed by atoms with Gasteiger partial charge in [-0.3, -0.25) is 4.79 Å². The van der Waals surface area contributed by atoms with Gasteiger partial charge in [-0.15, -0.1) is 0 Å². The number of methoxy groups -OCH3 is 1. The molecule has 0 saturated heterocycles. The number of halogens is 1. The van der Waals surface area contributed by atoms with Crippen molar-refractivity contribution in [2.24, 2.45) is 5.92 Å². The maximum Gasteiger partial charge on any atom is 0.343 e. The molecule has 0 bridgehead atoms. The molecular weight excluding hydrogens is 567 g/mol. The molecule has 4 rings (SSSR count). The van der Waals surface area contributed by atoms with Crippen LogP contribution >= 0.6 is 0 Å². The van der Waals surface area contributed by atoms with Crippen molar-refractivity contribution >= 4 is 11.9 Å². The van der Waals surface area contributed by atoms with Crippen molar-refractivity contribution in [3.8, 4) is 22.8 Å². The minimum atomic E-state index is -0.977. The van der Waals surface area contributed by atoms with Crippen LogP contribution in [-0.2, 0) is 22.5 Å². The van der Waals surface area contributed by atoms with E-state index < -0.39 is 30.1 Å². The average Bonchev–Trinajstić information content (AvgIpc) is 3.87. The van der Waals surface area contributed by atoms with E-state index in [2.05, 4.69) is 10.3 Å². The first kappa shape index (κ1) is 34.6. The predicted octanol–water partition coefficient (Wildman–Crippen LogP) is 5.25. The Hall–Kier alpha value is -3.86. The highest BCUT2D eigenvalue weighted by Crippen LogP contribution is 2.30. The van der Waals surface area contributed by atoms with Crippen LogP contribution in [0.15, 0.2) is 54.7 Å². The molecule has 2 aromatic carbocycles. The number of benzene rings is 2. The number of carbonyl (C=O) groups excluding carboxylic acids is 2. The standard InChI is InChI=1S/C31H37FN2O7.C3H6/c1-19(29(37)41-31(2,3)4)11-20-7-6-8-24(12-20)40-30(38)21-9-10-25(22(13-21)15-33-16-23(36)18-35)26-14-28(39-5)34-17-27(26)32;1-2-3-1/h6-10,12-14,17,19,23,33,35-36H,11,15-16,18H2,1-5H3;1-3H2. The summed E-state index contributed by atoms with van der Waals surface area (Å²) in [7, 11) is 1.43. The number of hydrogen-bond donors (Lipinski definition) is 3. The summed E-state index contributed by atoms with van der Waals surface area (Å²) in [6, 6.07) is 13.1. The molecule has 0 aliphatic heterocycles. The van der Waals surface area contributed by atoms with E-state index in [1.54, 1.807) is 37.3 Å². The summed E-state index contributed by atoms with van der Waals surface area (Å²) in [5, 5.41) is 21.8. The van der Waals surface area contributed by atoms with Crippen LogP contribution in [0.3, 0.4) is 0 Å². The molecule has 1 aromatic heterocycles. The fraction of sp³-hybridized carbons (Fsp3) is 0.441. The van der Waals surface area contributed by atoms with Crippen molar-refractivity contribution in [2.45, 2.75) is 71.6 Å². The summed E-state index contributed by atoms with van der Waals surface area (Å²) in [6.45, 7) is 7.05. The molecule has 1 aliphatic carbocycles. The van der Waals surface area contributed by atoms with Gasteiger partial charge >= 0.3 is 11.9 Å². The topological polar surface area (TPSA) is 127 Å². The Labute approximate surface area is 258 Å². The van der Waals surface area contributed by atoms with Gasteiger partial charge in [-0.1, -0.05) is 44.4 Å². The number of pyridine rings is 1. The van der Waals surface area contributed by atoms with Crippen molar-refractivity contribution in [1.29, 1.82) is 0 Å². The third-order valence-corrected chi connectivity index (χ3v) is 6.39. The van der Waals surface area contributed by atoms with Gasteiger partial charge in [0.2, 0.25) is 5.88 Å². The molecule has 1 fully saturated rings. The Morgan fingerprint density at radius 2 is 1.80 bits per heavy atom. The Morgan fingerprint density at radius 3 is 2.43 bits per heavy atom. The van der Waals surface area contributed by atoms with Crippen molar-refractivity contribution in [2.75, 3.05) is 20.3 Å². The molecule has 3 aromatic rings. The largest absolute Gasteiger partial charge is 0.481 e. The highest BCUT2D eigenvalue weighted by Gasteiger charge is 2.22. The van der Waals surface area contributed by atoms with Crippen LogP contribution in [-0.4, -0.2) is 59.1 Å². The van der Waals surface area contributed by atoms with Crippen LogP contribution < -0.4 is 14.8 Å². The second kappa shape index (κ2) is 16.3. The molecule has 238 valence electrons. The third-order valence-electron chi connectivity index (χ3n) is 6.39. The number of rotatable bonds is 12. The maximum atomic E-state index is 14.8. The lowest BCUT2D eigenvalue weighted by atomic mass is 9.97. The Balaban J connectivity index is 0.00000166. The van der Waals surface area contributed by atoms with Gasteiger partial charge in [0.15, 0.2) is 0 Å². The molecule has 0 radical (unpaired) electrons. The van der Waals surface area contributed by atoms with E-state index in [9.17, 15) is 19.1 Å². The molecular formula is C34H43FN2O7. The average molecular weight is 611 g/mol. The van der Waals surface area contributed by atoms with Crippen molar-refractivity contribution in [3.05, 3.63) is 77.2 Å². The number of aliphatic hydroxyl groups is 2. The lowest BCUT2D eigenvalue weighted by Gasteiger charge is -2.22. The van der Waals surface area contributed by atoms with Gasteiger partial charge < -0.3 is 29.7 Å².